The van der Waals surface area contributed by atoms with E-state index in [0.717, 1.165) is 6.42 Å². The van der Waals surface area contributed by atoms with Gasteiger partial charge in [-0.05, 0) is 45.6 Å². The summed E-state index contributed by atoms with van der Waals surface area (Å²) in [5, 5.41) is 0. The molecule has 3 rings (SSSR count). The molecule has 22 heavy (non-hydrogen) atoms. The summed E-state index contributed by atoms with van der Waals surface area (Å²) in [6.07, 6.45) is 3.53. The summed E-state index contributed by atoms with van der Waals surface area (Å²) < 4.78 is 0. The van der Waals surface area contributed by atoms with Crippen LogP contribution in [0, 0.1) is 5.41 Å². The van der Waals surface area contributed by atoms with Crippen LogP contribution in [-0.2, 0) is 6.42 Å². The summed E-state index contributed by atoms with van der Waals surface area (Å²) in [7, 11) is 0. The molecule has 2 aromatic rings. The fourth-order valence-corrected chi connectivity index (χ4v) is 3.33. The molecule has 0 N–H and O–H groups in total. The maximum absolute atomic E-state index is 2.43. The van der Waals surface area contributed by atoms with Crippen LogP contribution in [0.15, 0.2) is 48.0 Å². The van der Waals surface area contributed by atoms with Crippen molar-refractivity contribution in [3.8, 4) is 11.1 Å². The van der Waals surface area contributed by atoms with Gasteiger partial charge in [-0.25, -0.2) is 0 Å². The van der Waals surface area contributed by atoms with Crippen molar-refractivity contribution in [1.29, 1.82) is 0 Å². The van der Waals surface area contributed by atoms with Gasteiger partial charge in [-0.1, -0.05) is 88.7 Å². The second-order valence-corrected chi connectivity index (χ2v) is 7.72. The van der Waals surface area contributed by atoms with E-state index in [4.69, 9.17) is 0 Å². The van der Waals surface area contributed by atoms with Gasteiger partial charge in [0.25, 0.3) is 0 Å². The molecule has 2 aromatic carbocycles. The molecule has 0 heteroatoms. The summed E-state index contributed by atoms with van der Waals surface area (Å²) in [6, 6.07) is 15.6. The Kier molecular flexibility index (Phi) is 3.72. The molecule has 114 valence electrons. The van der Waals surface area contributed by atoms with Gasteiger partial charge in [-0.3, -0.25) is 0 Å². The van der Waals surface area contributed by atoms with E-state index in [1.54, 1.807) is 0 Å². The van der Waals surface area contributed by atoms with Gasteiger partial charge in [0, 0.05) is 0 Å². The minimum atomic E-state index is 0.244. The maximum Gasteiger partial charge on any atom is -0.00523 e. The molecule has 0 aliphatic heterocycles. The van der Waals surface area contributed by atoms with Crippen LogP contribution in [0.3, 0.4) is 0 Å². The summed E-state index contributed by atoms with van der Waals surface area (Å²) in [5.74, 6) is 0.541. The van der Waals surface area contributed by atoms with E-state index in [0.29, 0.717) is 5.92 Å². The van der Waals surface area contributed by atoms with Crippen molar-refractivity contribution in [2.24, 2.45) is 5.41 Å². The van der Waals surface area contributed by atoms with Crippen molar-refractivity contribution < 1.29 is 0 Å². The highest BCUT2D eigenvalue weighted by atomic mass is 14.3. The minimum absolute atomic E-state index is 0.244. The fourth-order valence-electron chi connectivity index (χ4n) is 3.33. The maximum atomic E-state index is 2.43. The summed E-state index contributed by atoms with van der Waals surface area (Å²) >= 11 is 0. The third kappa shape index (κ3) is 2.63. The molecule has 0 amide bonds. The Bertz CT molecular complexity index is 724. The van der Waals surface area contributed by atoms with Crippen LogP contribution < -0.4 is 0 Å². The van der Waals surface area contributed by atoms with E-state index >= 15 is 0 Å². The molecule has 0 unspecified atom stereocenters. The van der Waals surface area contributed by atoms with Gasteiger partial charge < -0.3 is 0 Å². The zero-order valence-corrected chi connectivity index (χ0v) is 14.4. The average Bonchev–Trinajstić information content (AvgIpc) is 2.91. The predicted octanol–water partition coefficient (Wildman–Crippen LogP) is 6.46. The first-order chi connectivity index (χ1) is 10.4. The molecular formula is C22H26. The number of hydrogen-bond acceptors (Lipinski definition) is 0. The Morgan fingerprint density at radius 3 is 2.23 bits per heavy atom. The lowest BCUT2D eigenvalue weighted by atomic mass is 9.85. The number of rotatable bonds is 2. The Labute approximate surface area is 134 Å². The Morgan fingerprint density at radius 2 is 1.55 bits per heavy atom. The van der Waals surface area contributed by atoms with Crippen LogP contribution >= 0.6 is 0 Å². The van der Waals surface area contributed by atoms with Crippen LogP contribution in [-0.4, -0.2) is 0 Å². The largest absolute Gasteiger partial charge is 0.0619 e. The van der Waals surface area contributed by atoms with Gasteiger partial charge in [-0.2, -0.15) is 0 Å². The van der Waals surface area contributed by atoms with Crippen molar-refractivity contribution in [1.82, 2.24) is 0 Å². The molecule has 0 atom stereocenters. The van der Waals surface area contributed by atoms with E-state index in [-0.39, 0.29) is 5.41 Å². The standard InChI is InChI=1S/C22H26/c1-15(2)18-10-6-7-11-19(18)20-12-8-9-16-13-17(14-21(16)20)22(3,4)5/h6-12,14-15H,13H2,1-5H3. The van der Waals surface area contributed by atoms with Gasteiger partial charge in [0.15, 0.2) is 0 Å². The molecule has 0 saturated heterocycles. The Balaban J connectivity index is 2.17. The van der Waals surface area contributed by atoms with Crippen LogP contribution in [0.5, 0.6) is 0 Å². The smallest absolute Gasteiger partial charge is 0.00523 e. The van der Waals surface area contributed by atoms with E-state index in [9.17, 15) is 0 Å². The minimum Gasteiger partial charge on any atom is -0.0619 e. The molecule has 0 bridgehead atoms. The third-order valence-electron chi connectivity index (χ3n) is 4.73. The first kappa shape index (κ1) is 15.1. The molecule has 0 heterocycles. The number of benzene rings is 2. The highest BCUT2D eigenvalue weighted by Gasteiger charge is 2.25. The quantitative estimate of drug-likeness (QED) is 0.595. The van der Waals surface area contributed by atoms with Crippen LogP contribution in [0.1, 0.15) is 57.2 Å². The molecule has 1 aliphatic carbocycles. The molecule has 0 aromatic heterocycles. The summed E-state index contributed by atoms with van der Waals surface area (Å²) in [5.41, 5.74) is 8.90. The lowest BCUT2D eigenvalue weighted by Gasteiger charge is -2.19. The van der Waals surface area contributed by atoms with E-state index in [1.165, 1.54) is 33.4 Å². The van der Waals surface area contributed by atoms with Crippen LogP contribution in [0.4, 0.5) is 0 Å². The second kappa shape index (κ2) is 5.43. The Morgan fingerprint density at radius 1 is 0.864 bits per heavy atom. The molecular weight excluding hydrogens is 264 g/mol. The highest BCUT2D eigenvalue weighted by Crippen LogP contribution is 2.41. The predicted molar refractivity (Wildman–Crippen MR) is 97.1 cm³/mol. The van der Waals surface area contributed by atoms with Crippen molar-refractivity contribution in [3.05, 3.63) is 64.7 Å². The molecule has 0 fully saturated rings. The Hall–Kier alpha value is -1.82. The highest BCUT2D eigenvalue weighted by molar-refractivity contribution is 5.82. The van der Waals surface area contributed by atoms with E-state index in [2.05, 4.69) is 83.2 Å². The monoisotopic (exact) mass is 290 g/mol. The molecule has 0 nitrogen and oxygen atoms in total. The average molecular weight is 290 g/mol. The topological polar surface area (TPSA) is 0 Å². The number of allylic oxidation sites excluding steroid dienone is 1. The first-order valence-electron chi connectivity index (χ1n) is 8.30. The van der Waals surface area contributed by atoms with E-state index in [1.807, 2.05) is 0 Å². The van der Waals surface area contributed by atoms with Gasteiger partial charge in [0.1, 0.15) is 0 Å². The lowest BCUT2D eigenvalue weighted by molar-refractivity contribution is 0.498. The van der Waals surface area contributed by atoms with Crippen molar-refractivity contribution in [2.75, 3.05) is 0 Å². The zero-order chi connectivity index (χ0) is 15.9. The number of hydrogen-bond donors (Lipinski definition) is 0. The van der Waals surface area contributed by atoms with Crippen molar-refractivity contribution >= 4 is 6.08 Å². The zero-order valence-electron chi connectivity index (χ0n) is 14.4. The van der Waals surface area contributed by atoms with Gasteiger partial charge in [-0.15, -0.1) is 0 Å². The van der Waals surface area contributed by atoms with Crippen molar-refractivity contribution in [3.63, 3.8) is 0 Å². The van der Waals surface area contributed by atoms with Gasteiger partial charge in [0.05, 0.1) is 0 Å². The van der Waals surface area contributed by atoms with Crippen LogP contribution in [0.2, 0.25) is 0 Å². The van der Waals surface area contributed by atoms with Crippen molar-refractivity contribution in [2.45, 2.75) is 47.0 Å². The molecule has 0 radical (unpaired) electrons. The molecule has 0 spiro atoms. The lowest BCUT2D eigenvalue weighted by Crippen LogP contribution is -2.08. The van der Waals surface area contributed by atoms with E-state index < -0.39 is 0 Å². The second-order valence-electron chi connectivity index (χ2n) is 7.72. The first-order valence-corrected chi connectivity index (χ1v) is 8.30. The summed E-state index contributed by atoms with van der Waals surface area (Å²) in [4.78, 5) is 0. The number of fused-ring (bicyclic) bond motifs is 1. The molecule has 1 aliphatic rings. The fraction of sp³-hybridized carbons (Fsp3) is 0.364. The normalized spacial score (nSPS) is 14.2. The summed E-state index contributed by atoms with van der Waals surface area (Å²) in [6.45, 7) is 11.5. The van der Waals surface area contributed by atoms with Crippen LogP contribution in [0.25, 0.3) is 17.2 Å². The molecule has 0 saturated carbocycles. The van der Waals surface area contributed by atoms with Gasteiger partial charge >= 0.3 is 0 Å². The third-order valence-corrected chi connectivity index (χ3v) is 4.73. The van der Waals surface area contributed by atoms with Gasteiger partial charge in [0.2, 0.25) is 0 Å². The SMILES string of the molecule is CC(C)c1ccccc1-c1cccc2c1C=C(C(C)(C)C)C2.